The first kappa shape index (κ1) is 21.8. The fourth-order valence-corrected chi connectivity index (χ4v) is 4.56. The molecule has 1 aromatic carbocycles. The molecule has 0 bridgehead atoms. The maximum absolute atomic E-state index is 12.9. The largest absolute Gasteiger partial charge is 0.376 e. The van der Waals surface area contributed by atoms with Crippen LogP contribution in [0.4, 0.5) is 0 Å². The summed E-state index contributed by atoms with van der Waals surface area (Å²) in [5, 5.41) is 3.48. The highest BCUT2D eigenvalue weighted by molar-refractivity contribution is 6.33. The lowest BCUT2D eigenvalue weighted by atomic mass is 9.89. The lowest BCUT2D eigenvalue weighted by Crippen LogP contribution is -2.39. The van der Waals surface area contributed by atoms with Crippen molar-refractivity contribution in [3.63, 3.8) is 0 Å². The lowest BCUT2D eigenvalue weighted by molar-refractivity contribution is 0.0710. The Bertz CT molecular complexity index is 951. The van der Waals surface area contributed by atoms with E-state index >= 15 is 0 Å². The molecule has 0 aliphatic carbocycles. The van der Waals surface area contributed by atoms with Crippen LogP contribution in [0.25, 0.3) is 0 Å². The third kappa shape index (κ3) is 5.08. The van der Waals surface area contributed by atoms with E-state index < -0.39 is 0 Å². The standard InChI is InChI=1S/C24H28ClN3O3/c1-16-8-9-20(23(29)26-15-18-5-4-14-31-18)22(27-16)17-10-12-28(13-11-17)24(30)19-6-2-3-7-21(19)25/h2-3,6-9,17-18H,4-5,10-15H2,1H3,(H,26,29)/t18-/m1/s1. The van der Waals surface area contributed by atoms with Gasteiger partial charge in [-0.3, -0.25) is 14.6 Å². The van der Waals surface area contributed by atoms with Crippen molar-refractivity contribution in [1.82, 2.24) is 15.2 Å². The van der Waals surface area contributed by atoms with Gasteiger partial charge in [0.2, 0.25) is 0 Å². The van der Waals surface area contributed by atoms with E-state index in [4.69, 9.17) is 21.3 Å². The van der Waals surface area contributed by atoms with Gasteiger partial charge in [0, 0.05) is 37.9 Å². The first-order valence-corrected chi connectivity index (χ1v) is 11.3. The van der Waals surface area contributed by atoms with E-state index in [2.05, 4.69) is 5.32 Å². The van der Waals surface area contributed by atoms with Gasteiger partial charge in [0.15, 0.2) is 0 Å². The molecule has 7 heteroatoms. The number of halogens is 1. The minimum absolute atomic E-state index is 0.0456. The van der Waals surface area contributed by atoms with Gasteiger partial charge in [-0.25, -0.2) is 0 Å². The predicted octanol–water partition coefficient (Wildman–Crippen LogP) is 3.97. The average molecular weight is 442 g/mol. The molecular weight excluding hydrogens is 414 g/mol. The highest BCUT2D eigenvalue weighted by atomic mass is 35.5. The number of hydrogen-bond acceptors (Lipinski definition) is 4. The number of benzene rings is 1. The van der Waals surface area contributed by atoms with Crippen LogP contribution in [0.15, 0.2) is 36.4 Å². The quantitative estimate of drug-likeness (QED) is 0.762. The Balaban J connectivity index is 1.43. The van der Waals surface area contributed by atoms with Gasteiger partial charge >= 0.3 is 0 Å². The third-order valence-electron chi connectivity index (χ3n) is 6.10. The van der Waals surface area contributed by atoms with Gasteiger partial charge < -0.3 is 15.0 Å². The molecule has 1 aromatic heterocycles. The van der Waals surface area contributed by atoms with E-state index in [9.17, 15) is 9.59 Å². The number of piperidine rings is 1. The monoisotopic (exact) mass is 441 g/mol. The third-order valence-corrected chi connectivity index (χ3v) is 6.43. The van der Waals surface area contributed by atoms with Gasteiger partial charge in [-0.15, -0.1) is 0 Å². The molecule has 164 valence electrons. The molecule has 2 fully saturated rings. The summed E-state index contributed by atoms with van der Waals surface area (Å²) in [7, 11) is 0. The molecule has 3 heterocycles. The molecule has 0 spiro atoms. The van der Waals surface area contributed by atoms with Crippen LogP contribution in [0.2, 0.25) is 5.02 Å². The van der Waals surface area contributed by atoms with Crippen LogP contribution in [-0.2, 0) is 4.74 Å². The average Bonchev–Trinajstić information content (AvgIpc) is 3.31. The predicted molar refractivity (Wildman–Crippen MR) is 120 cm³/mol. The second-order valence-electron chi connectivity index (χ2n) is 8.28. The van der Waals surface area contributed by atoms with Crippen molar-refractivity contribution in [1.29, 1.82) is 0 Å². The van der Waals surface area contributed by atoms with E-state index in [0.717, 1.165) is 43.7 Å². The number of aryl methyl sites for hydroxylation is 1. The van der Waals surface area contributed by atoms with Gasteiger partial charge in [0.05, 0.1) is 27.9 Å². The summed E-state index contributed by atoms with van der Waals surface area (Å²) < 4.78 is 5.61. The number of hydrogen-bond donors (Lipinski definition) is 1. The molecule has 1 N–H and O–H groups in total. The van der Waals surface area contributed by atoms with Crippen molar-refractivity contribution >= 4 is 23.4 Å². The van der Waals surface area contributed by atoms with Crippen LogP contribution < -0.4 is 5.32 Å². The maximum atomic E-state index is 12.9. The lowest BCUT2D eigenvalue weighted by Gasteiger charge is -2.32. The molecule has 4 rings (SSSR count). The molecule has 2 aromatic rings. The number of aromatic nitrogens is 1. The number of rotatable bonds is 5. The molecule has 2 aliphatic rings. The number of carbonyl (C=O) groups excluding carboxylic acids is 2. The number of carbonyl (C=O) groups is 2. The number of amides is 2. The summed E-state index contributed by atoms with van der Waals surface area (Å²) in [5.41, 5.74) is 2.87. The van der Waals surface area contributed by atoms with E-state index in [1.165, 1.54) is 0 Å². The Morgan fingerprint density at radius 3 is 2.61 bits per heavy atom. The van der Waals surface area contributed by atoms with Crippen molar-refractivity contribution in [3.8, 4) is 0 Å². The van der Waals surface area contributed by atoms with Crippen molar-refractivity contribution in [2.75, 3.05) is 26.2 Å². The molecule has 2 saturated heterocycles. The van der Waals surface area contributed by atoms with Crippen LogP contribution in [0.5, 0.6) is 0 Å². The zero-order chi connectivity index (χ0) is 21.8. The molecule has 2 amide bonds. The van der Waals surface area contributed by atoms with Gasteiger partial charge in [0.25, 0.3) is 11.8 Å². The van der Waals surface area contributed by atoms with Crippen LogP contribution in [0.1, 0.15) is 63.7 Å². The van der Waals surface area contributed by atoms with Crippen LogP contribution in [0.3, 0.4) is 0 Å². The zero-order valence-corrected chi connectivity index (χ0v) is 18.5. The van der Waals surface area contributed by atoms with Crippen molar-refractivity contribution in [3.05, 3.63) is 63.9 Å². The number of ether oxygens (including phenoxy) is 1. The van der Waals surface area contributed by atoms with Crippen molar-refractivity contribution in [2.24, 2.45) is 0 Å². The first-order valence-electron chi connectivity index (χ1n) is 10.9. The Kier molecular flexibility index (Phi) is 6.88. The first-order chi connectivity index (χ1) is 15.0. The number of pyridine rings is 1. The Hall–Kier alpha value is -2.44. The highest BCUT2D eigenvalue weighted by Crippen LogP contribution is 2.31. The molecule has 2 aliphatic heterocycles. The second kappa shape index (κ2) is 9.79. The van der Waals surface area contributed by atoms with E-state index in [1.807, 2.05) is 36.1 Å². The van der Waals surface area contributed by atoms with Crippen LogP contribution in [0, 0.1) is 6.92 Å². The fourth-order valence-electron chi connectivity index (χ4n) is 4.35. The van der Waals surface area contributed by atoms with Crippen molar-refractivity contribution in [2.45, 2.75) is 44.6 Å². The summed E-state index contributed by atoms with van der Waals surface area (Å²) in [4.78, 5) is 32.3. The van der Waals surface area contributed by atoms with Crippen molar-refractivity contribution < 1.29 is 14.3 Å². The number of nitrogens with one attached hydrogen (secondary N) is 1. The smallest absolute Gasteiger partial charge is 0.255 e. The summed E-state index contributed by atoms with van der Waals surface area (Å²) in [5.74, 6) is -0.0120. The normalized spacial score (nSPS) is 19.4. The summed E-state index contributed by atoms with van der Waals surface area (Å²) in [6.45, 7) is 4.45. The molecular formula is C24H28ClN3O3. The maximum Gasteiger partial charge on any atom is 0.255 e. The fraction of sp³-hybridized carbons (Fsp3) is 0.458. The van der Waals surface area contributed by atoms with Gasteiger partial charge in [-0.2, -0.15) is 0 Å². The van der Waals surface area contributed by atoms with Crippen LogP contribution >= 0.6 is 11.6 Å². The Morgan fingerprint density at radius 2 is 1.90 bits per heavy atom. The molecule has 0 unspecified atom stereocenters. The molecule has 6 nitrogen and oxygen atoms in total. The van der Waals surface area contributed by atoms with Gasteiger partial charge in [-0.05, 0) is 56.9 Å². The molecule has 1 atom stereocenters. The minimum atomic E-state index is -0.104. The highest BCUT2D eigenvalue weighted by Gasteiger charge is 2.29. The van der Waals surface area contributed by atoms with Crippen LogP contribution in [-0.4, -0.2) is 54.0 Å². The molecule has 0 saturated carbocycles. The minimum Gasteiger partial charge on any atom is -0.376 e. The number of likely N-dealkylation sites (tertiary alicyclic amines) is 1. The summed E-state index contributed by atoms with van der Waals surface area (Å²) in [6.07, 6.45) is 3.66. The summed E-state index contributed by atoms with van der Waals surface area (Å²) in [6, 6.07) is 10.9. The van der Waals surface area contributed by atoms with E-state index in [-0.39, 0.29) is 23.8 Å². The van der Waals surface area contributed by atoms with E-state index in [0.29, 0.717) is 35.8 Å². The Morgan fingerprint density at radius 1 is 1.13 bits per heavy atom. The van der Waals surface area contributed by atoms with Gasteiger partial charge in [0.1, 0.15) is 0 Å². The second-order valence-corrected chi connectivity index (χ2v) is 8.68. The molecule has 0 radical (unpaired) electrons. The zero-order valence-electron chi connectivity index (χ0n) is 17.8. The van der Waals surface area contributed by atoms with Gasteiger partial charge in [-0.1, -0.05) is 23.7 Å². The van der Waals surface area contributed by atoms with E-state index in [1.54, 1.807) is 12.1 Å². The topological polar surface area (TPSA) is 71.5 Å². The SMILES string of the molecule is Cc1ccc(C(=O)NC[C@H]2CCCO2)c(C2CCN(C(=O)c3ccccc3Cl)CC2)n1. The number of nitrogens with zero attached hydrogens (tertiary/aromatic N) is 2. The molecule has 31 heavy (non-hydrogen) atoms. The Labute approximate surface area is 187 Å². The summed E-state index contributed by atoms with van der Waals surface area (Å²) >= 11 is 6.20.